The third-order valence-electron chi connectivity index (χ3n) is 3.08. The number of nitrogens with zero attached hydrogens (tertiary/aromatic N) is 1. The Balaban J connectivity index is 1.98. The van der Waals surface area contributed by atoms with Crippen LogP contribution in [-0.2, 0) is 6.42 Å². The standard InChI is InChI=1S/C15H14N2S/c16-14(10-11-4-3-9-18-11)12-7-8-17-15-6-2-1-5-13(12)15/h1-9,14H,10,16H2. The summed E-state index contributed by atoms with van der Waals surface area (Å²) in [5.41, 5.74) is 8.52. The highest BCUT2D eigenvalue weighted by atomic mass is 32.1. The highest BCUT2D eigenvalue weighted by Crippen LogP contribution is 2.25. The molecule has 0 aliphatic rings. The van der Waals surface area contributed by atoms with Crippen LogP contribution in [0.25, 0.3) is 10.9 Å². The molecule has 3 rings (SSSR count). The number of hydrogen-bond donors (Lipinski definition) is 1. The second kappa shape index (κ2) is 4.88. The van der Waals surface area contributed by atoms with E-state index in [4.69, 9.17) is 5.73 Å². The van der Waals surface area contributed by atoms with Crippen LogP contribution in [0.15, 0.2) is 54.0 Å². The molecule has 3 heteroatoms. The molecule has 1 atom stereocenters. The Morgan fingerprint density at radius 2 is 2.00 bits per heavy atom. The van der Waals surface area contributed by atoms with Gasteiger partial charge in [0.25, 0.3) is 0 Å². The second-order valence-corrected chi connectivity index (χ2v) is 5.34. The Morgan fingerprint density at radius 3 is 2.83 bits per heavy atom. The van der Waals surface area contributed by atoms with E-state index in [9.17, 15) is 0 Å². The van der Waals surface area contributed by atoms with E-state index < -0.39 is 0 Å². The van der Waals surface area contributed by atoms with Gasteiger partial charge in [0.05, 0.1) is 5.52 Å². The summed E-state index contributed by atoms with van der Waals surface area (Å²) in [4.78, 5) is 5.69. The van der Waals surface area contributed by atoms with Gasteiger partial charge in [0.1, 0.15) is 0 Å². The quantitative estimate of drug-likeness (QED) is 0.776. The molecule has 0 aliphatic carbocycles. The van der Waals surface area contributed by atoms with Gasteiger partial charge >= 0.3 is 0 Å². The van der Waals surface area contributed by atoms with Crippen molar-refractivity contribution in [3.05, 3.63) is 64.5 Å². The lowest BCUT2D eigenvalue weighted by molar-refractivity contribution is 0.735. The summed E-state index contributed by atoms with van der Waals surface area (Å²) in [7, 11) is 0. The third kappa shape index (κ3) is 2.15. The minimum atomic E-state index is 0.0246. The molecular formula is C15H14N2S. The van der Waals surface area contributed by atoms with Crippen LogP contribution in [0.1, 0.15) is 16.5 Å². The molecule has 0 saturated heterocycles. The van der Waals surface area contributed by atoms with Gasteiger partial charge in [-0.25, -0.2) is 0 Å². The highest BCUT2D eigenvalue weighted by molar-refractivity contribution is 7.09. The molecule has 1 aromatic carbocycles. The van der Waals surface area contributed by atoms with Gasteiger partial charge in [-0.1, -0.05) is 24.3 Å². The Hall–Kier alpha value is -1.71. The number of hydrogen-bond acceptors (Lipinski definition) is 3. The van der Waals surface area contributed by atoms with Crippen molar-refractivity contribution < 1.29 is 0 Å². The van der Waals surface area contributed by atoms with E-state index in [1.54, 1.807) is 11.3 Å². The van der Waals surface area contributed by atoms with Crippen LogP contribution in [0.3, 0.4) is 0 Å². The number of pyridine rings is 1. The summed E-state index contributed by atoms with van der Waals surface area (Å²) in [5.74, 6) is 0. The maximum absolute atomic E-state index is 6.33. The van der Waals surface area contributed by atoms with Crippen LogP contribution in [0, 0.1) is 0 Å². The summed E-state index contributed by atoms with van der Waals surface area (Å²) in [6, 6.07) is 14.4. The van der Waals surface area contributed by atoms with E-state index in [0.29, 0.717) is 0 Å². The summed E-state index contributed by atoms with van der Waals surface area (Å²) in [5, 5.41) is 3.25. The topological polar surface area (TPSA) is 38.9 Å². The molecule has 18 heavy (non-hydrogen) atoms. The Bertz CT molecular complexity index is 641. The average molecular weight is 254 g/mol. The third-order valence-corrected chi connectivity index (χ3v) is 3.98. The minimum absolute atomic E-state index is 0.0246. The lowest BCUT2D eigenvalue weighted by atomic mass is 10.00. The van der Waals surface area contributed by atoms with Crippen molar-refractivity contribution >= 4 is 22.2 Å². The molecule has 0 spiro atoms. The van der Waals surface area contributed by atoms with Crippen molar-refractivity contribution in [3.8, 4) is 0 Å². The summed E-state index contributed by atoms with van der Waals surface area (Å²) in [6.07, 6.45) is 2.72. The van der Waals surface area contributed by atoms with E-state index in [2.05, 4.69) is 28.6 Å². The van der Waals surface area contributed by atoms with Crippen LogP contribution in [-0.4, -0.2) is 4.98 Å². The molecule has 0 saturated carbocycles. The second-order valence-electron chi connectivity index (χ2n) is 4.31. The molecule has 2 N–H and O–H groups in total. The normalized spacial score (nSPS) is 12.7. The fourth-order valence-corrected chi connectivity index (χ4v) is 2.96. The summed E-state index contributed by atoms with van der Waals surface area (Å²) in [6.45, 7) is 0. The lowest BCUT2D eigenvalue weighted by Gasteiger charge is -2.13. The number of rotatable bonds is 3. The van der Waals surface area contributed by atoms with Crippen LogP contribution in [0.4, 0.5) is 0 Å². The average Bonchev–Trinajstić information content (AvgIpc) is 2.91. The van der Waals surface area contributed by atoms with E-state index in [1.165, 1.54) is 10.4 Å². The first-order valence-electron chi connectivity index (χ1n) is 5.96. The minimum Gasteiger partial charge on any atom is -0.324 e. The smallest absolute Gasteiger partial charge is 0.0705 e. The Morgan fingerprint density at radius 1 is 1.11 bits per heavy atom. The zero-order chi connectivity index (χ0) is 12.4. The Labute approximate surface area is 110 Å². The van der Waals surface area contributed by atoms with Crippen LogP contribution in [0.5, 0.6) is 0 Å². The van der Waals surface area contributed by atoms with E-state index >= 15 is 0 Å². The van der Waals surface area contributed by atoms with Gasteiger partial charge in [0, 0.05) is 28.9 Å². The number of nitrogens with two attached hydrogens (primary N) is 1. The number of fused-ring (bicyclic) bond motifs is 1. The van der Waals surface area contributed by atoms with Crippen molar-refractivity contribution in [2.24, 2.45) is 5.73 Å². The van der Waals surface area contributed by atoms with Crippen LogP contribution >= 0.6 is 11.3 Å². The van der Waals surface area contributed by atoms with E-state index in [-0.39, 0.29) is 6.04 Å². The molecule has 0 aliphatic heterocycles. The highest BCUT2D eigenvalue weighted by Gasteiger charge is 2.11. The van der Waals surface area contributed by atoms with Gasteiger partial charge < -0.3 is 5.73 Å². The number of para-hydroxylation sites is 1. The molecule has 0 radical (unpaired) electrons. The van der Waals surface area contributed by atoms with Gasteiger partial charge in [0.15, 0.2) is 0 Å². The van der Waals surface area contributed by atoms with Gasteiger partial charge in [-0.05, 0) is 29.1 Å². The predicted octanol–water partition coefficient (Wildman–Crippen LogP) is 3.54. The number of thiophene rings is 1. The van der Waals surface area contributed by atoms with Crippen molar-refractivity contribution in [2.75, 3.05) is 0 Å². The molecule has 0 amide bonds. The van der Waals surface area contributed by atoms with Crippen molar-refractivity contribution in [1.82, 2.24) is 4.98 Å². The van der Waals surface area contributed by atoms with Crippen molar-refractivity contribution in [3.63, 3.8) is 0 Å². The SMILES string of the molecule is NC(Cc1cccs1)c1ccnc2ccccc12. The largest absolute Gasteiger partial charge is 0.324 e. The Kier molecular flexibility index (Phi) is 3.09. The first-order chi connectivity index (χ1) is 8.84. The first-order valence-corrected chi connectivity index (χ1v) is 6.84. The molecular weight excluding hydrogens is 240 g/mol. The van der Waals surface area contributed by atoms with E-state index in [1.807, 2.05) is 30.5 Å². The molecule has 0 bridgehead atoms. The molecule has 2 aromatic heterocycles. The maximum Gasteiger partial charge on any atom is 0.0705 e. The molecule has 3 aromatic rings. The molecule has 2 heterocycles. The van der Waals surface area contributed by atoms with Gasteiger partial charge in [0.2, 0.25) is 0 Å². The van der Waals surface area contributed by atoms with E-state index in [0.717, 1.165) is 17.3 Å². The zero-order valence-corrected chi connectivity index (χ0v) is 10.7. The zero-order valence-electron chi connectivity index (χ0n) is 9.91. The lowest BCUT2D eigenvalue weighted by Crippen LogP contribution is -2.13. The fraction of sp³-hybridized carbons (Fsp3) is 0.133. The molecule has 1 unspecified atom stereocenters. The summed E-state index contributed by atoms with van der Waals surface area (Å²) < 4.78 is 0. The van der Waals surface area contributed by atoms with Crippen LogP contribution in [0.2, 0.25) is 0 Å². The maximum atomic E-state index is 6.33. The molecule has 0 fully saturated rings. The predicted molar refractivity (Wildman–Crippen MR) is 76.7 cm³/mol. The van der Waals surface area contributed by atoms with Gasteiger partial charge in [-0.3, -0.25) is 4.98 Å². The van der Waals surface area contributed by atoms with Gasteiger partial charge in [-0.2, -0.15) is 0 Å². The summed E-state index contributed by atoms with van der Waals surface area (Å²) >= 11 is 1.76. The van der Waals surface area contributed by atoms with Crippen molar-refractivity contribution in [2.45, 2.75) is 12.5 Å². The molecule has 2 nitrogen and oxygen atoms in total. The van der Waals surface area contributed by atoms with Crippen molar-refractivity contribution in [1.29, 1.82) is 0 Å². The van der Waals surface area contributed by atoms with Crippen LogP contribution < -0.4 is 5.73 Å². The first kappa shape index (κ1) is 11.4. The fourth-order valence-electron chi connectivity index (χ4n) is 2.20. The number of aromatic nitrogens is 1. The van der Waals surface area contributed by atoms with Gasteiger partial charge in [-0.15, -0.1) is 11.3 Å². The number of benzene rings is 1. The molecule has 90 valence electrons. The monoisotopic (exact) mass is 254 g/mol.